The Kier molecular flexibility index (Phi) is 2.69. The molecule has 0 spiro atoms. The summed E-state index contributed by atoms with van der Waals surface area (Å²) in [6, 6.07) is 7.09. The number of amides is 1. The summed E-state index contributed by atoms with van der Waals surface area (Å²) in [6.45, 7) is 0.00661. The Morgan fingerprint density at radius 3 is 3.05 bits per heavy atom. The molecule has 1 amide bonds. The maximum atomic E-state index is 11.3. The van der Waals surface area contributed by atoms with Crippen LogP contribution in [0.3, 0.4) is 0 Å². The van der Waals surface area contributed by atoms with Gasteiger partial charge in [-0.15, -0.1) is 0 Å². The van der Waals surface area contributed by atoms with Crippen LogP contribution in [0.2, 0.25) is 0 Å². The number of carbonyl (C=O) groups is 1. The number of carbonyl (C=O) groups excluding carboxylic acids is 1. The number of anilines is 2. The van der Waals surface area contributed by atoms with Gasteiger partial charge in [-0.3, -0.25) is 4.79 Å². The number of rotatable bonds is 1. The predicted molar refractivity (Wildman–Crippen MR) is 70.7 cm³/mol. The molecule has 2 aromatic rings. The molecule has 0 atom stereocenters. The summed E-state index contributed by atoms with van der Waals surface area (Å²) in [5.41, 5.74) is 7.12. The van der Waals surface area contributed by atoms with Gasteiger partial charge in [-0.2, -0.15) is 5.26 Å². The number of nitriles is 1. The van der Waals surface area contributed by atoms with E-state index in [0.717, 1.165) is 0 Å². The van der Waals surface area contributed by atoms with Crippen molar-refractivity contribution in [3.05, 3.63) is 30.0 Å². The molecule has 1 aliphatic heterocycles. The van der Waals surface area contributed by atoms with Crippen LogP contribution < -0.4 is 15.8 Å². The molecular weight excluding hydrogens is 258 g/mol. The number of nitrogens with one attached hydrogen (secondary N) is 1. The number of hydrogen-bond acceptors (Lipinski definition) is 6. The van der Waals surface area contributed by atoms with Gasteiger partial charge in [0, 0.05) is 5.56 Å². The number of aromatic nitrogens is 2. The van der Waals surface area contributed by atoms with Gasteiger partial charge in [-0.25, -0.2) is 9.97 Å². The van der Waals surface area contributed by atoms with Crippen molar-refractivity contribution >= 4 is 17.4 Å². The number of hydrogen-bond donors (Lipinski definition) is 2. The lowest BCUT2D eigenvalue weighted by Crippen LogP contribution is -2.25. The Balaban J connectivity index is 2.03. The number of fused-ring (bicyclic) bond motifs is 1. The van der Waals surface area contributed by atoms with Gasteiger partial charge in [-0.05, 0) is 18.2 Å². The van der Waals surface area contributed by atoms with E-state index in [4.69, 9.17) is 15.7 Å². The first-order chi connectivity index (χ1) is 9.67. The van der Waals surface area contributed by atoms with Gasteiger partial charge in [0.2, 0.25) is 0 Å². The first-order valence-electron chi connectivity index (χ1n) is 5.77. The zero-order valence-electron chi connectivity index (χ0n) is 10.3. The standard InChI is InChI=1S/C13H9N5O2/c14-4-8-5-16-13(18-12(8)15)7-1-2-10-9(3-7)17-11(19)6-20-10/h1-3,5H,6H2,(H,17,19)(H2,15,16,18). The molecular formula is C13H9N5O2. The van der Waals surface area contributed by atoms with Gasteiger partial charge in [0.15, 0.2) is 12.4 Å². The lowest BCUT2D eigenvalue weighted by molar-refractivity contribution is -0.118. The number of nitrogen functional groups attached to an aromatic ring is 1. The highest BCUT2D eigenvalue weighted by atomic mass is 16.5. The molecule has 1 aromatic heterocycles. The predicted octanol–water partition coefficient (Wildman–Crippen LogP) is 0.928. The maximum absolute atomic E-state index is 11.3. The highest BCUT2D eigenvalue weighted by Gasteiger charge is 2.17. The van der Waals surface area contributed by atoms with Crippen molar-refractivity contribution in [2.45, 2.75) is 0 Å². The zero-order chi connectivity index (χ0) is 14.1. The molecule has 3 N–H and O–H groups in total. The van der Waals surface area contributed by atoms with E-state index in [1.807, 2.05) is 6.07 Å². The first-order valence-corrected chi connectivity index (χ1v) is 5.77. The van der Waals surface area contributed by atoms with Gasteiger partial charge in [0.1, 0.15) is 23.2 Å². The van der Waals surface area contributed by atoms with E-state index < -0.39 is 0 Å². The van der Waals surface area contributed by atoms with E-state index in [2.05, 4.69) is 15.3 Å². The summed E-state index contributed by atoms with van der Waals surface area (Å²) in [4.78, 5) is 19.4. The van der Waals surface area contributed by atoms with Crippen molar-refractivity contribution < 1.29 is 9.53 Å². The zero-order valence-corrected chi connectivity index (χ0v) is 10.3. The molecule has 0 radical (unpaired) electrons. The number of benzene rings is 1. The molecule has 1 aliphatic rings. The SMILES string of the molecule is N#Cc1cnc(-c2ccc3c(c2)NC(=O)CO3)nc1N. The van der Waals surface area contributed by atoms with E-state index in [9.17, 15) is 4.79 Å². The topological polar surface area (TPSA) is 114 Å². The van der Waals surface area contributed by atoms with Gasteiger partial charge in [0.25, 0.3) is 5.91 Å². The summed E-state index contributed by atoms with van der Waals surface area (Å²) in [6.07, 6.45) is 1.37. The van der Waals surface area contributed by atoms with Crippen molar-refractivity contribution in [3.8, 4) is 23.2 Å². The molecule has 3 rings (SSSR count). The van der Waals surface area contributed by atoms with Crippen LogP contribution in [0, 0.1) is 11.3 Å². The van der Waals surface area contributed by atoms with Crippen molar-refractivity contribution in [3.63, 3.8) is 0 Å². The molecule has 0 bridgehead atoms. The van der Waals surface area contributed by atoms with Crippen LogP contribution in [0.1, 0.15) is 5.56 Å². The molecule has 7 heteroatoms. The first kappa shape index (κ1) is 11.9. The average molecular weight is 267 g/mol. The fraction of sp³-hybridized carbons (Fsp3) is 0.0769. The van der Waals surface area contributed by atoms with Crippen molar-refractivity contribution in [2.75, 3.05) is 17.7 Å². The minimum Gasteiger partial charge on any atom is -0.482 e. The Bertz CT molecular complexity index is 751. The van der Waals surface area contributed by atoms with E-state index in [1.165, 1.54) is 6.20 Å². The van der Waals surface area contributed by atoms with Gasteiger partial charge < -0.3 is 15.8 Å². The molecule has 0 saturated carbocycles. The quantitative estimate of drug-likeness (QED) is 0.794. The van der Waals surface area contributed by atoms with Crippen LogP contribution in [0.5, 0.6) is 5.75 Å². The third kappa shape index (κ3) is 1.99. The minimum absolute atomic E-state index is 0.00661. The van der Waals surface area contributed by atoms with E-state index in [1.54, 1.807) is 18.2 Å². The van der Waals surface area contributed by atoms with Crippen LogP contribution in [-0.2, 0) is 4.79 Å². The molecule has 0 unspecified atom stereocenters. The third-order valence-corrected chi connectivity index (χ3v) is 2.81. The smallest absolute Gasteiger partial charge is 0.262 e. The fourth-order valence-corrected chi connectivity index (χ4v) is 1.84. The molecule has 0 fully saturated rings. The molecule has 1 aromatic carbocycles. The van der Waals surface area contributed by atoms with Crippen molar-refractivity contribution in [1.29, 1.82) is 5.26 Å². The number of nitrogens with zero attached hydrogens (tertiary/aromatic N) is 3. The highest BCUT2D eigenvalue weighted by Crippen LogP contribution is 2.31. The summed E-state index contributed by atoms with van der Waals surface area (Å²) in [5.74, 6) is 0.879. The van der Waals surface area contributed by atoms with E-state index >= 15 is 0 Å². The summed E-state index contributed by atoms with van der Waals surface area (Å²) >= 11 is 0. The average Bonchev–Trinajstić information content (AvgIpc) is 2.46. The highest BCUT2D eigenvalue weighted by molar-refractivity contribution is 5.96. The van der Waals surface area contributed by atoms with Gasteiger partial charge in [-0.1, -0.05) is 0 Å². The summed E-state index contributed by atoms with van der Waals surface area (Å²) in [7, 11) is 0. The third-order valence-electron chi connectivity index (χ3n) is 2.81. The second-order valence-electron chi connectivity index (χ2n) is 4.15. The largest absolute Gasteiger partial charge is 0.482 e. The van der Waals surface area contributed by atoms with E-state index in [0.29, 0.717) is 22.8 Å². The van der Waals surface area contributed by atoms with Crippen LogP contribution in [-0.4, -0.2) is 22.5 Å². The Morgan fingerprint density at radius 1 is 1.45 bits per heavy atom. The Morgan fingerprint density at radius 2 is 2.30 bits per heavy atom. The molecule has 2 heterocycles. The van der Waals surface area contributed by atoms with Crippen LogP contribution in [0.25, 0.3) is 11.4 Å². The number of nitrogens with two attached hydrogens (primary N) is 1. The number of ether oxygens (including phenoxy) is 1. The normalized spacial score (nSPS) is 12.8. The lowest BCUT2D eigenvalue weighted by Gasteiger charge is -2.18. The molecule has 7 nitrogen and oxygen atoms in total. The Hall–Kier alpha value is -3.14. The summed E-state index contributed by atoms with van der Waals surface area (Å²) < 4.78 is 5.27. The Labute approximate surface area is 114 Å². The van der Waals surface area contributed by atoms with Crippen LogP contribution >= 0.6 is 0 Å². The van der Waals surface area contributed by atoms with Crippen LogP contribution in [0.4, 0.5) is 11.5 Å². The molecule has 0 saturated heterocycles. The van der Waals surface area contributed by atoms with Gasteiger partial charge in [0.05, 0.1) is 11.9 Å². The van der Waals surface area contributed by atoms with E-state index in [-0.39, 0.29) is 23.9 Å². The lowest BCUT2D eigenvalue weighted by atomic mass is 10.1. The fourth-order valence-electron chi connectivity index (χ4n) is 1.84. The summed E-state index contributed by atoms with van der Waals surface area (Å²) in [5, 5.41) is 11.5. The molecule has 0 aliphatic carbocycles. The van der Waals surface area contributed by atoms with Crippen molar-refractivity contribution in [2.24, 2.45) is 0 Å². The van der Waals surface area contributed by atoms with Gasteiger partial charge >= 0.3 is 0 Å². The maximum Gasteiger partial charge on any atom is 0.262 e. The monoisotopic (exact) mass is 267 g/mol. The molecule has 98 valence electrons. The second kappa shape index (κ2) is 4.51. The van der Waals surface area contributed by atoms with Crippen molar-refractivity contribution in [1.82, 2.24) is 9.97 Å². The molecule has 20 heavy (non-hydrogen) atoms. The second-order valence-corrected chi connectivity index (χ2v) is 4.15. The van der Waals surface area contributed by atoms with Crippen LogP contribution in [0.15, 0.2) is 24.4 Å². The minimum atomic E-state index is -0.213.